The Morgan fingerprint density at radius 2 is 1.25 bits per heavy atom. The van der Waals surface area contributed by atoms with Gasteiger partial charge in [0, 0.05) is 28.4 Å². The number of hydrogen-bond acceptors (Lipinski definition) is 7. The van der Waals surface area contributed by atoms with Crippen LogP contribution < -0.4 is 10.6 Å². The van der Waals surface area contributed by atoms with Crippen molar-refractivity contribution in [1.82, 2.24) is 20.4 Å². The van der Waals surface area contributed by atoms with E-state index in [0.29, 0.717) is 13.5 Å². The van der Waals surface area contributed by atoms with Crippen LogP contribution in [0.5, 0.6) is 0 Å². The first-order chi connectivity index (χ1) is 9.71. The Hall–Kier alpha value is -0.970. The molecular weight excluding hydrogens is 268 g/mol. The first-order valence-electron chi connectivity index (χ1n) is 6.21. The van der Waals surface area contributed by atoms with Gasteiger partial charge in [0.25, 0.3) is 0 Å². The van der Waals surface area contributed by atoms with Crippen molar-refractivity contribution >= 4 is 6.03 Å². The number of ether oxygens (including phenoxy) is 4. The summed E-state index contributed by atoms with van der Waals surface area (Å²) in [7, 11) is 6.23. The van der Waals surface area contributed by atoms with Gasteiger partial charge in [-0.1, -0.05) is 0 Å². The summed E-state index contributed by atoms with van der Waals surface area (Å²) in [5, 5.41) is 6.26. The number of carbonyl (C=O) groups excluding carboxylic acids is 1. The molecule has 2 amide bonds. The minimum absolute atomic E-state index is 0.172. The van der Waals surface area contributed by atoms with Crippen LogP contribution in [0, 0.1) is 0 Å². The molecule has 0 aromatic heterocycles. The number of urea groups is 1. The van der Waals surface area contributed by atoms with Crippen LogP contribution >= 0.6 is 0 Å². The largest absolute Gasteiger partial charge is 0.369 e. The van der Waals surface area contributed by atoms with E-state index in [1.807, 2.05) is 0 Å². The Balaban J connectivity index is 2.85. The fourth-order valence-electron chi connectivity index (χ4n) is 2.07. The lowest BCUT2D eigenvalue weighted by Crippen LogP contribution is -2.55. The van der Waals surface area contributed by atoms with E-state index >= 15 is 0 Å². The number of hydrogen-bond donors (Lipinski definition) is 2. The molecule has 0 saturated carbocycles. The monoisotopic (exact) mass is 292 g/mol. The molecule has 118 valence electrons. The van der Waals surface area contributed by atoms with E-state index in [1.165, 1.54) is 14.2 Å². The maximum Gasteiger partial charge on any atom is 0.326 e. The van der Waals surface area contributed by atoms with Crippen molar-refractivity contribution in [3.05, 3.63) is 0 Å². The van der Waals surface area contributed by atoms with Gasteiger partial charge in [-0.3, -0.25) is 20.4 Å². The van der Waals surface area contributed by atoms with E-state index in [2.05, 4.69) is 10.6 Å². The second kappa shape index (κ2) is 9.06. The van der Waals surface area contributed by atoms with E-state index in [0.717, 1.165) is 0 Å². The topological polar surface area (TPSA) is 84.5 Å². The molecule has 2 N–H and O–H groups in total. The summed E-state index contributed by atoms with van der Waals surface area (Å²) in [6, 6.07) is -0.184. The summed E-state index contributed by atoms with van der Waals surface area (Å²) < 4.78 is 20.2. The van der Waals surface area contributed by atoms with Crippen LogP contribution in [0.25, 0.3) is 0 Å². The highest BCUT2D eigenvalue weighted by Gasteiger charge is 2.45. The van der Waals surface area contributed by atoms with Gasteiger partial charge in [0.15, 0.2) is 0 Å². The van der Waals surface area contributed by atoms with Crippen LogP contribution in [-0.2, 0) is 18.9 Å². The standard InChI is InChI=1S/C11H24N4O5/c1-17-5-12-9-10(13-6-18-2)15(8-20-4)11(16)14(9)7-19-3/h9-10,12-13H,5-8H2,1-4H3. The van der Waals surface area contributed by atoms with E-state index in [4.69, 9.17) is 18.9 Å². The van der Waals surface area contributed by atoms with E-state index < -0.39 is 0 Å². The number of carbonyl (C=O) groups is 1. The second-order valence-electron chi connectivity index (χ2n) is 4.22. The minimum atomic E-state index is -0.312. The smallest absolute Gasteiger partial charge is 0.326 e. The third kappa shape index (κ3) is 4.01. The summed E-state index contributed by atoms with van der Waals surface area (Å²) in [5.41, 5.74) is 0. The minimum Gasteiger partial charge on any atom is -0.369 e. The van der Waals surface area contributed by atoms with Crippen molar-refractivity contribution in [2.45, 2.75) is 12.3 Å². The molecule has 1 saturated heterocycles. The lowest BCUT2D eigenvalue weighted by Gasteiger charge is -2.28. The molecule has 2 unspecified atom stereocenters. The van der Waals surface area contributed by atoms with Gasteiger partial charge in [-0.05, 0) is 0 Å². The summed E-state index contributed by atoms with van der Waals surface area (Å²) in [5.74, 6) is 0. The molecule has 1 aliphatic heterocycles. The Morgan fingerprint density at radius 3 is 1.55 bits per heavy atom. The SMILES string of the molecule is COCNC1C(NCOC)N(COC)C(=O)N1COC. The Morgan fingerprint density at radius 1 is 0.850 bits per heavy atom. The van der Waals surface area contributed by atoms with Crippen LogP contribution in [0.1, 0.15) is 0 Å². The average Bonchev–Trinajstić information content (AvgIpc) is 2.69. The van der Waals surface area contributed by atoms with E-state index in [-0.39, 0.29) is 31.8 Å². The zero-order valence-electron chi connectivity index (χ0n) is 12.4. The third-order valence-corrected chi connectivity index (χ3v) is 2.87. The van der Waals surface area contributed by atoms with E-state index in [1.54, 1.807) is 24.0 Å². The average molecular weight is 292 g/mol. The van der Waals surface area contributed by atoms with Gasteiger partial charge in [0.1, 0.15) is 25.8 Å². The predicted molar refractivity (Wildman–Crippen MR) is 70.4 cm³/mol. The number of amides is 2. The van der Waals surface area contributed by atoms with Crippen molar-refractivity contribution in [2.75, 3.05) is 55.4 Å². The molecule has 2 atom stereocenters. The zero-order valence-corrected chi connectivity index (χ0v) is 12.4. The molecule has 20 heavy (non-hydrogen) atoms. The maximum atomic E-state index is 12.4. The van der Waals surface area contributed by atoms with Gasteiger partial charge in [-0.15, -0.1) is 0 Å². The molecule has 0 spiro atoms. The normalized spacial score (nSPS) is 22.9. The molecule has 1 rings (SSSR count). The lowest BCUT2D eigenvalue weighted by atomic mass is 10.3. The first-order valence-corrected chi connectivity index (χ1v) is 6.21. The second-order valence-corrected chi connectivity index (χ2v) is 4.22. The highest BCUT2D eigenvalue weighted by atomic mass is 16.5. The molecule has 1 heterocycles. The molecular formula is C11H24N4O5. The zero-order chi connectivity index (χ0) is 15.0. The predicted octanol–water partition coefficient (Wildman–Crippen LogP) is -1.03. The molecule has 0 bridgehead atoms. The summed E-state index contributed by atoms with van der Waals surface area (Å²) >= 11 is 0. The van der Waals surface area contributed by atoms with Crippen molar-refractivity contribution in [1.29, 1.82) is 0 Å². The molecule has 9 nitrogen and oxygen atoms in total. The van der Waals surface area contributed by atoms with Gasteiger partial charge < -0.3 is 18.9 Å². The lowest BCUT2D eigenvalue weighted by molar-refractivity contribution is 0.0280. The molecule has 9 heteroatoms. The highest BCUT2D eigenvalue weighted by molar-refractivity contribution is 5.77. The third-order valence-electron chi connectivity index (χ3n) is 2.87. The van der Waals surface area contributed by atoms with Crippen molar-refractivity contribution in [3.8, 4) is 0 Å². The Bertz CT molecular complexity index is 268. The summed E-state index contributed by atoms with van der Waals surface area (Å²) in [4.78, 5) is 15.5. The van der Waals surface area contributed by atoms with Gasteiger partial charge in [-0.2, -0.15) is 0 Å². The number of nitrogens with zero attached hydrogens (tertiary/aromatic N) is 2. The number of rotatable bonds is 10. The number of methoxy groups -OCH3 is 4. The molecule has 1 aliphatic rings. The van der Waals surface area contributed by atoms with Gasteiger partial charge >= 0.3 is 6.03 Å². The Labute approximate surface area is 119 Å². The Kier molecular flexibility index (Phi) is 7.73. The van der Waals surface area contributed by atoms with E-state index in [9.17, 15) is 4.79 Å². The van der Waals surface area contributed by atoms with Crippen LogP contribution in [0.3, 0.4) is 0 Å². The van der Waals surface area contributed by atoms with Crippen molar-refractivity contribution in [3.63, 3.8) is 0 Å². The van der Waals surface area contributed by atoms with Gasteiger partial charge in [0.2, 0.25) is 0 Å². The molecule has 1 fully saturated rings. The molecule has 0 aromatic carbocycles. The van der Waals surface area contributed by atoms with Crippen LogP contribution in [0.4, 0.5) is 4.79 Å². The summed E-state index contributed by atoms with van der Waals surface area (Å²) in [6.45, 7) is 0.964. The van der Waals surface area contributed by atoms with Gasteiger partial charge in [0.05, 0.1) is 13.5 Å². The highest BCUT2D eigenvalue weighted by Crippen LogP contribution is 2.19. The van der Waals surface area contributed by atoms with Crippen LogP contribution in [0.15, 0.2) is 0 Å². The maximum absolute atomic E-state index is 12.4. The molecule has 0 aromatic rings. The van der Waals surface area contributed by atoms with Crippen molar-refractivity contribution < 1.29 is 23.7 Å². The van der Waals surface area contributed by atoms with Crippen LogP contribution in [-0.4, -0.2) is 83.5 Å². The molecule has 0 radical (unpaired) electrons. The van der Waals surface area contributed by atoms with Crippen molar-refractivity contribution in [2.24, 2.45) is 0 Å². The fraction of sp³-hybridized carbons (Fsp3) is 0.909. The summed E-state index contributed by atoms with van der Waals surface area (Å²) in [6.07, 6.45) is -0.625. The van der Waals surface area contributed by atoms with Crippen LogP contribution in [0.2, 0.25) is 0 Å². The first kappa shape index (κ1) is 17.1. The molecule has 0 aliphatic carbocycles. The number of nitrogens with one attached hydrogen (secondary N) is 2. The van der Waals surface area contributed by atoms with Gasteiger partial charge in [-0.25, -0.2) is 4.79 Å². The fourth-order valence-corrected chi connectivity index (χ4v) is 2.07. The quantitative estimate of drug-likeness (QED) is 0.498.